The first kappa shape index (κ1) is 18.3. The molecular weight excluding hydrogens is 401 g/mol. The number of fused-ring (bicyclic) bond motifs is 1. The number of aromatic nitrogens is 2. The van der Waals surface area contributed by atoms with Crippen molar-refractivity contribution in [2.45, 2.75) is 18.6 Å². The quantitative estimate of drug-likeness (QED) is 0.493. The average Bonchev–Trinajstić information content (AvgIpc) is 3.00. The van der Waals surface area contributed by atoms with Crippen LogP contribution in [0.1, 0.15) is 6.92 Å². The predicted molar refractivity (Wildman–Crippen MR) is 105 cm³/mol. The van der Waals surface area contributed by atoms with Gasteiger partial charge in [0.1, 0.15) is 4.70 Å². The van der Waals surface area contributed by atoms with Crippen molar-refractivity contribution in [2.75, 3.05) is 11.1 Å². The summed E-state index contributed by atoms with van der Waals surface area (Å²) in [6, 6.07) is 6.63. The van der Waals surface area contributed by atoms with E-state index >= 15 is 0 Å². The van der Waals surface area contributed by atoms with E-state index in [2.05, 4.69) is 10.3 Å². The van der Waals surface area contributed by atoms with Gasteiger partial charge in [-0.3, -0.25) is 14.2 Å². The molecule has 0 spiro atoms. The minimum absolute atomic E-state index is 0.0768. The number of halogens is 2. The maximum atomic E-state index is 12.4. The molecule has 2 aromatic heterocycles. The molecule has 5 nitrogen and oxygen atoms in total. The van der Waals surface area contributed by atoms with E-state index in [9.17, 15) is 9.59 Å². The molecule has 9 heteroatoms. The van der Waals surface area contributed by atoms with Gasteiger partial charge in [0.25, 0.3) is 5.56 Å². The number of hydrogen-bond donors (Lipinski definition) is 1. The Bertz CT molecular complexity index is 980. The first-order chi connectivity index (χ1) is 12.0. The van der Waals surface area contributed by atoms with Crippen LogP contribution in [0.5, 0.6) is 0 Å². The van der Waals surface area contributed by atoms with Crippen LogP contribution < -0.4 is 10.9 Å². The van der Waals surface area contributed by atoms with Crippen LogP contribution in [0.15, 0.2) is 39.6 Å². The molecule has 1 aromatic carbocycles. The molecule has 25 heavy (non-hydrogen) atoms. The lowest BCUT2D eigenvalue weighted by molar-refractivity contribution is -0.113. The van der Waals surface area contributed by atoms with Crippen LogP contribution in [0.4, 0.5) is 5.69 Å². The van der Waals surface area contributed by atoms with E-state index in [-0.39, 0.29) is 17.2 Å². The Hall–Kier alpha value is -1.54. The van der Waals surface area contributed by atoms with E-state index in [0.717, 1.165) is 0 Å². The van der Waals surface area contributed by atoms with Crippen LogP contribution in [0.25, 0.3) is 10.2 Å². The van der Waals surface area contributed by atoms with E-state index in [1.165, 1.54) is 23.1 Å². The van der Waals surface area contributed by atoms with Gasteiger partial charge in [0.2, 0.25) is 5.91 Å². The highest BCUT2D eigenvalue weighted by molar-refractivity contribution is 7.99. The summed E-state index contributed by atoms with van der Waals surface area (Å²) in [5, 5.41) is 5.99. The lowest BCUT2D eigenvalue weighted by atomic mass is 10.3. The van der Waals surface area contributed by atoms with Crippen molar-refractivity contribution in [3.63, 3.8) is 0 Å². The Morgan fingerprint density at radius 1 is 1.32 bits per heavy atom. The average molecular weight is 414 g/mol. The van der Waals surface area contributed by atoms with E-state index in [0.29, 0.717) is 37.7 Å². The van der Waals surface area contributed by atoms with Gasteiger partial charge in [-0.25, -0.2) is 4.98 Å². The van der Waals surface area contributed by atoms with Gasteiger partial charge < -0.3 is 5.32 Å². The van der Waals surface area contributed by atoms with Crippen molar-refractivity contribution >= 4 is 68.1 Å². The monoisotopic (exact) mass is 413 g/mol. The second-order valence-corrected chi connectivity index (χ2v) is 7.81. The number of thioether (sulfide) groups is 1. The van der Waals surface area contributed by atoms with Crippen molar-refractivity contribution in [1.29, 1.82) is 0 Å². The zero-order valence-electron chi connectivity index (χ0n) is 13.1. The van der Waals surface area contributed by atoms with Crippen LogP contribution in [0.3, 0.4) is 0 Å². The zero-order valence-corrected chi connectivity index (χ0v) is 16.2. The molecule has 0 aliphatic carbocycles. The molecule has 0 atom stereocenters. The first-order valence-electron chi connectivity index (χ1n) is 7.34. The van der Waals surface area contributed by atoms with Crippen LogP contribution >= 0.6 is 46.3 Å². The predicted octanol–water partition coefficient (Wildman–Crippen LogP) is 4.52. The Balaban J connectivity index is 1.75. The SMILES string of the molecule is CCn1c(SCC(=O)Nc2cc(Cl)cc(Cl)c2)nc2ccsc2c1=O. The van der Waals surface area contributed by atoms with E-state index in [4.69, 9.17) is 23.2 Å². The summed E-state index contributed by atoms with van der Waals surface area (Å²) in [4.78, 5) is 29.1. The molecule has 0 aliphatic rings. The summed E-state index contributed by atoms with van der Waals surface area (Å²) < 4.78 is 2.21. The van der Waals surface area contributed by atoms with Crippen LogP contribution in [-0.2, 0) is 11.3 Å². The molecule has 1 amide bonds. The number of carbonyl (C=O) groups is 1. The number of nitrogens with zero attached hydrogens (tertiary/aromatic N) is 2. The molecule has 0 radical (unpaired) electrons. The summed E-state index contributed by atoms with van der Waals surface area (Å²) in [7, 11) is 0. The third-order valence-corrected chi connectivity index (χ3v) is 5.63. The van der Waals surface area contributed by atoms with E-state index in [1.54, 1.807) is 28.8 Å². The maximum Gasteiger partial charge on any atom is 0.272 e. The van der Waals surface area contributed by atoms with Crippen molar-refractivity contribution in [2.24, 2.45) is 0 Å². The van der Waals surface area contributed by atoms with Gasteiger partial charge in [0, 0.05) is 22.3 Å². The van der Waals surface area contributed by atoms with Gasteiger partial charge in [0.05, 0.1) is 11.3 Å². The molecule has 0 saturated heterocycles. The molecule has 130 valence electrons. The van der Waals surface area contributed by atoms with Crippen molar-refractivity contribution in [1.82, 2.24) is 9.55 Å². The van der Waals surface area contributed by atoms with Crippen molar-refractivity contribution in [3.8, 4) is 0 Å². The number of amides is 1. The van der Waals surface area contributed by atoms with E-state index in [1.807, 2.05) is 12.3 Å². The summed E-state index contributed by atoms with van der Waals surface area (Å²) in [5.41, 5.74) is 1.11. The van der Waals surface area contributed by atoms with Crippen LogP contribution in [0.2, 0.25) is 10.0 Å². The van der Waals surface area contributed by atoms with Crippen LogP contribution in [-0.4, -0.2) is 21.2 Å². The van der Waals surface area contributed by atoms with Crippen molar-refractivity contribution < 1.29 is 4.79 Å². The minimum atomic E-state index is -0.231. The zero-order chi connectivity index (χ0) is 18.0. The lowest BCUT2D eigenvalue weighted by Gasteiger charge is -2.10. The standard InChI is InChI=1S/C16H13Cl2N3O2S2/c1-2-21-15(23)14-12(3-4-24-14)20-16(21)25-8-13(22)19-11-6-9(17)5-10(18)7-11/h3-7H,2,8H2,1H3,(H,19,22). The molecular formula is C16H13Cl2N3O2S2. The van der Waals surface area contributed by atoms with Gasteiger partial charge in [-0.1, -0.05) is 35.0 Å². The molecule has 0 bridgehead atoms. The van der Waals surface area contributed by atoms with Gasteiger partial charge in [0.15, 0.2) is 5.16 Å². The highest BCUT2D eigenvalue weighted by Gasteiger charge is 2.13. The molecule has 1 N–H and O–H groups in total. The van der Waals surface area contributed by atoms with Gasteiger partial charge in [-0.2, -0.15) is 0 Å². The maximum absolute atomic E-state index is 12.4. The summed E-state index contributed by atoms with van der Waals surface area (Å²) in [5.74, 6) is -0.114. The van der Waals surface area contributed by atoms with Gasteiger partial charge in [-0.15, -0.1) is 11.3 Å². The lowest BCUT2D eigenvalue weighted by Crippen LogP contribution is -2.22. The van der Waals surface area contributed by atoms with E-state index < -0.39 is 0 Å². The fourth-order valence-electron chi connectivity index (χ4n) is 2.27. The Morgan fingerprint density at radius 2 is 2.04 bits per heavy atom. The number of hydrogen-bond acceptors (Lipinski definition) is 5. The third kappa shape index (κ3) is 4.17. The minimum Gasteiger partial charge on any atom is -0.325 e. The number of benzene rings is 1. The number of anilines is 1. The molecule has 0 saturated carbocycles. The largest absolute Gasteiger partial charge is 0.325 e. The third-order valence-electron chi connectivity index (χ3n) is 3.33. The van der Waals surface area contributed by atoms with Gasteiger partial charge in [-0.05, 0) is 36.6 Å². The second kappa shape index (κ2) is 7.78. The normalized spacial score (nSPS) is 11.0. The summed E-state index contributed by atoms with van der Waals surface area (Å²) in [6.45, 7) is 2.37. The van der Waals surface area contributed by atoms with Crippen molar-refractivity contribution in [3.05, 3.63) is 50.0 Å². The number of thiophene rings is 1. The smallest absolute Gasteiger partial charge is 0.272 e. The molecule has 0 unspecified atom stereocenters. The molecule has 3 rings (SSSR count). The highest BCUT2D eigenvalue weighted by atomic mass is 35.5. The van der Waals surface area contributed by atoms with Crippen LogP contribution in [0, 0.1) is 0 Å². The summed E-state index contributed by atoms with van der Waals surface area (Å²) in [6.07, 6.45) is 0. The second-order valence-electron chi connectivity index (χ2n) is 5.07. The number of carbonyl (C=O) groups excluding carboxylic acids is 1. The first-order valence-corrected chi connectivity index (χ1v) is 9.97. The molecule has 2 heterocycles. The Labute approximate surface area is 162 Å². The summed E-state index contributed by atoms with van der Waals surface area (Å²) >= 11 is 14.4. The topological polar surface area (TPSA) is 64.0 Å². The molecule has 0 fully saturated rings. The highest BCUT2D eigenvalue weighted by Crippen LogP contribution is 2.24. The number of rotatable bonds is 5. The fourth-order valence-corrected chi connectivity index (χ4v) is 4.43. The molecule has 0 aliphatic heterocycles. The Kier molecular flexibility index (Phi) is 5.68. The number of nitrogens with one attached hydrogen (secondary N) is 1. The fraction of sp³-hybridized carbons (Fsp3) is 0.188. The Morgan fingerprint density at radius 3 is 2.72 bits per heavy atom. The van der Waals surface area contributed by atoms with Gasteiger partial charge >= 0.3 is 0 Å². The molecule has 3 aromatic rings.